The summed E-state index contributed by atoms with van der Waals surface area (Å²) in [6.07, 6.45) is 4.95. The van der Waals surface area contributed by atoms with E-state index in [1.807, 2.05) is 6.92 Å². The van der Waals surface area contributed by atoms with E-state index in [1.165, 1.54) is 18.6 Å². The van der Waals surface area contributed by atoms with Crippen LogP contribution in [0.5, 0.6) is 0 Å². The van der Waals surface area contributed by atoms with E-state index in [-0.39, 0.29) is 11.8 Å². The predicted molar refractivity (Wildman–Crippen MR) is 57.7 cm³/mol. The quantitative estimate of drug-likeness (QED) is 0.781. The topological polar surface area (TPSA) is 66.3 Å². The third-order valence-corrected chi connectivity index (χ3v) is 3.00. The number of amides is 1. The van der Waals surface area contributed by atoms with Crippen LogP contribution in [0.1, 0.15) is 23.8 Å². The van der Waals surface area contributed by atoms with Gasteiger partial charge in [0.15, 0.2) is 0 Å². The number of hydrogen-bond donors (Lipinski definition) is 1. The van der Waals surface area contributed by atoms with Gasteiger partial charge in [-0.3, -0.25) is 9.78 Å². The molecular weight excluding hydrogens is 206 g/mol. The lowest BCUT2D eigenvalue weighted by Gasteiger charge is -2.14. The fraction of sp³-hybridized carbons (Fsp3) is 0.545. The van der Waals surface area contributed by atoms with Crippen LogP contribution in [0, 0.1) is 5.92 Å². The molecule has 2 rings (SSSR count). The van der Waals surface area contributed by atoms with Gasteiger partial charge in [0.05, 0.1) is 12.3 Å². The van der Waals surface area contributed by atoms with Crippen LogP contribution in [-0.4, -0.2) is 45.1 Å². The summed E-state index contributed by atoms with van der Waals surface area (Å²) in [5, 5.41) is 9.73. The number of carbonyl (C=O) groups is 1. The maximum atomic E-state index is 12.0. The zero-order valence-electron chi connectivity index (χ0n) is 9.21. The molecule has 1 aliphatic rings. The van der Waals surface area contributed by atoms with Crippen molar-refractivity contribution >= 4 is 5.91 Å². The molecule has 5 heteroatoms. The van der Waals surface area contributed by atoms with Crippen molar-refractivity contribution in [1.29, 1.82) is 0 Å². The van der Waals surface area contributed by atoms with Crippen molar-refractivity contribution in [3.63, 3.8) is 0 Å². The Kier molecular flexibility index (Phi) is 3.14. The van der Waals surface area contributed by atoms with Crippen LogP contribution in [0.25, 0.3) is 0 Å². The molecule has 2 unspecified atom stereocenters. The Bertz CT molecular complexity index is 369. The Morgan fingerprint density at radius 1 is 1.56 bits per heavy atom. The fourth-order valence-electron chi connectivity index (χ4n) is 1.99. The zero-order valence-corrected chi connectivity index (χ0v) is 9.21. The number of nitrogens with zero attached hydrogens (tertiary/aromatic N) is 3. The van der Waals surface area contributed by atoms with Crippen LogP contribution >= 0.6 is 0 Å². The normalized spacial score (nSPS) is 24.8. The predicted octanol–water partition coefficient (Wildman–Crippen LogP) is 0.319. The maximum absolute atomic E-state index is 12.0. The molecule has 1 aromatic rings. The minimum Gasteiger partial charge on any atom is -0.391 e. The van der Waals surface area contributed by atoms with E-state index in [2.05, 4.69) is 9.97 Å². The fourth-order valence-corrected chi connectivity index (χ4v) is 1.99. The Morgan fingerprint density at radius 2 is 2.38 bits per heavy atom. The first kappa shape index (κ1) is 11.0. The first-order valence-electron chi connectivity index (χ1n) is 5.45. The number of aromatic nitrogens is 2. The average molecular weight is 221 g/mol. The Balaban J connectivity index is 2.08. The highest BCUT2D eigenvalue weighted by molar-refractivity contribution is 5.92. The van der Waals surface area contributed by atoms with Gasteiger partial charge < -0.3 is 10.0 Å². The van der Waals surface area contributed by atoms with Gasteiger partial charge >= 0.3 is 0 Å². The summed E-state index contributed by atoms with van der Waals surface area (Å²) in [6.45, 7) is 3.02. The Morgan fingerprint density at radius 3 is 2.94 bits per heavy atom. The summed E-state index contributed by atoms with van der Waals surface area (Å²) in [7, 11) is 0. The van der Waals surface area contributed by atoms with Crippen molar-refractivity contribution in [3.05, 3.63) is 24.3 Å². The Hall–Kier alpha value is -1.49. The van der Waals surface area contributed by atoms with Gasteiger partial charge in [0.25, 0.3) is 5.91 Å². The highest BCUT2D eigenvalue weighted by Crippen LogP contribution is 2.21. The summed E-state index contributed by atoms with van der Waals surface area (Å²) in [5.41, 5.74) is 0.339. The van der Waals surface area contributed by atoms with Gasteiger partial charge in [0, 0.05) is 31.4 Å². The molecule has 0 radical (unpaired) electrons. The van der Waals surface area contributed by atoms with E-state index in [1.54, 1.807) is 4.90 Å². The average Bonchev–Trinajstić information content (AvgIpc) is 2.71. The standard InChI is InChI=1S/C11H15N3O2/c1-2-8-6-14(7-10(8)15)11(16)9-5-12-3-4-13-9/h3-5,8,10,15H,2,6-7H2,1H3. The second-order valence-electron chi connectivity index (χ2n) is 4.04. The number of hydrogen-bond acceptors (Lipinski definition) is 4. The van der Waals surface area contributed by atoms with Gasteiger partial charge in [0.2, 0.25) is 0 Å². The van der Waals surface area contributed by atoms with Crippen LogP contribution in [0.4, 0.5) is 0 Å². The number of carbonyl (C=O) groups excluding carboxylic acids is 1. The first-order valence-corrected chi connectivity index (χ1v) is 5.45. The summed E-state index contributed by atoms with van der Waals surface area (Å²) >= 11 is 0. The van der Waals surface area contributed by atoms with Crippen LogP contribution in [0.3, 0.4) is 0 Å². The molecule has 1 N–H and O–H groups in total. The molecule has 1 saturated heterocycles. The molecule has 1 fully saturated rings. The molecule has 86 valence electrons. The van der Waals surface area contributed by atoms with Gasteiger partial charge in [-0.25, -0.2) is 4.98 Å². The summed E-state index contributed by atoms with van der Waals surface area (Å²) in [4.78, 5) is 21.4. The number of β-amino-alcohol motifs (C(OH)–C–C–N with tert-alkyl or cyclic N) is 1. The van der Waals surface area contributed by atoms with E-state index in [4.69, 9.17) is 0 Å². The molecule has 1 amide bonds. The van der Waals surface area contributed by atoms with E-state index >= 15 is 0 Å². The lowest BCUT2D eigenvalue weighted by Crippen LogP contribution is -2.30. The number of rotatable bonds is 2. The van der Waals surface area contributed by atoms with Crippen molar-refractivity contribution in [1.82, 2.24) is 14.9 Å². The zero-order chi connectivity index (χ0) is 11.5. The van der Waals surface area contributed by atoms with E-state index in [9.17, 15) is 9.90 Å². The third-order valence-electron chi connectivity index (χ3n) is 3.00. The van der Waals surface area contributed by atoms with Crippen molar-refractivity contribution in [2.45, 2.75) is 19.4 Å². The molecule has 0 spiro atoms. The first-order chi connectivity index (χ1) is 7.72. The highest BCUT2D eigenvalue weighted by Gasteiger charge is 2.33. The van der Waals surface area contributed by atoms with Gasteiger partial charge in [-0.15, -0.1) is 0 Å². The maximum Gasteiger partial charge on any atom is 0.274 e. The second kappa shape index (κ2) is 4.57. The van der Waals surface area contributed by atoms with Crippen LogP contribution in [-0.2, 0) is 0 Å². The van der Waals surface area contributed by atoms with E-state index in [0.717, 1.165) is 6.42 Å². The van der Waals surface area contributed by atoms with Gasteiger partial charge in [-0.05, 0) is 6.42 Å². The minimum atomic E-state index is -0.411. The Labute approximate surface area is 94.1 Å². The van der Waals surface area contributed by atoms with E-state index < -0.39 is 6.10 Å². The summed E-state index contributed by atoms with van der Waals surface area (Å²) in [6, 6.07) is 0. The second-order valence-corrected chi connectivity index (χ2v) is 4.04. The molecule has 2 atom stereocenters. The molecule has 1 aromatic heterocycles. The molecular formula is C11H15N3O2. The monoisotopic (exact) mass is 221 g/mol. The van der Waals surface area contributed by atoms with Gasteiger partial charge in [-0.2, -0.15) is 0 Å². The SMILES string of the molecule is CCC1CN(C(=O)c2cnccn2)CC1O. The molecule has 2 heterocycles. The number of aliphatic hydroxyl groups excluding tert-OH is 1. The number of aliphatic hydroxyl groups is 1. The molecule has 16 heavy (non-hydrogen) atoms. The van der Waals surface area contributed by atoms with E-state index in [0.29, 0.717) is 18.8 Å². The van der Waals surface area contributed by atoms with Crippen molar-refractivity contribution in [3.8, 4) is 0 Å². The number of likely N-dealkylation sites (tertiary alicyclic amines) is 1. The highest BCUT2D eigenvalue weighted by atomic mass is 16.3. The van der Waals surface area contributed by atoms with Crippen LogP contribution < -0.4 is 0 Å². The smallest absolute Gasteiger partial charge is 0.274 e. The summed E-state index contributed by atoms with van der Waals surface area (Å²) in [5.74, 6) is 0.0312. The molecule has 0 aromatic carbocycles. The molecule has 0 bridgehead atoms. The van der Waals surface area contributed by atoms with Crippen molar-refractivity contribution < 1.29 is 9.90 Å². The van der Waals surface area contributed by atoms with Crippen molar-refractivity contribution in [2.75, 3.05) is 13.1 Å². The summed E-state index contributed by atoms with van der Waals surface area (Å²) < 4.78 is 0. The van der Waals surface area contributed by atoms with Gasteiger partial charge in [0.1, 0.15) is 5.69 Å². The largest absolute Gasteiger partial charge is 0.391 e. The van der Waals surface area contributed by atoms with Crippen LogP contribution in [0.2, 0.25) is 0 Å². The molecule has 0 saturated carbocycles. The molecule has 0 aliphatic carbocycles. The van der Waals surface area contributed by atoms with Gasteiger partial charge in [-0.1, -0.05) is 6.92 Å². The molecule has 5 nitrogen and oxygen atoms in total. The lowest BCUT2D eigenvalue weighted by molar-refractivity contribution is 0.0758. The van der Waals surface area contributed by atoms with Crippen molar-refractivity contribution in [2.24, 2.45) is 5.92 Å². The third kappa shape index (κ3) is 2.04. The minimum absolute atomic E-state index is 0.150. The van der Waals surface area contributed by atoms with Crippen LogP contribution in [0.15, 0.2) is 18.6 Å². The lowest BCUT2D eigenvalue weighted by atomic mass is 10.0. The molecule has 1 aliphatic heterocycles.